The monoisotopic (exact) mass is 242 g/mol. The summed E-state index contributed by atoms with van der Waals surface area (Å²) in [5.41, 5.74) is 0. The zero-order chi connectivity index (χ0) is 12.8. The van der Waals surface area contributed by atoms with E-state index in [0.717, 1.165) is 12.8 Å². The molecule has 0 amide bonds. The molecular formula is C13H22O4. The Kier molecular flexibility index (Phi) is 5.62. The van der Waals surface area contributed by atoms with Crippen molar-refractivity contribution >= 4 is 11.8 Å². The molecule has 1 aliphatic rings. The lowest BCUT2D eigenvalue weighted by molar-refractivity contribution is -0.142. The van der Waals surface area contributed by atoms with Crippen molar-refractivity contribution in [1.82, 2.24) is 0 Å². The lowest BCUT2D eigenvalue weighted by atomic mass is 9.82. The molecule has 4 nitrogen and oxygen atoms in total. The zero-order valence-corrected chi connectivity index (χ0v) is 10.6. The predicted octanol–water partition coefficient (Wildman–Crippen LogP) is 2.26. The largest absolute Gasteiger partial charge is 0.481 e. The summed E-state index contributed by atoms with van der Waals surface area (Å²) in [5.74, 6) is -0.172. The van der Waals surface area contributed by atoms with Gasteiger partial charge in [-0.25, -0.2) is 0 Å². The summed E-state index contributed by atoms with van der Waals surface area (Å²) >= 11 is 0. The van der Waals surface area contributed by atoms with Crippen LogP contribution in [0.15, 0.2) is 0 Å². The van der Waals surface area contributed by atoms with E-state index in [1.807, 2.05) is 13.8 Å². The lowest BCUT2D eigenvalue weighted by Gasteiger charge is -2.30. The molecule has 0 heterocycles. The summed E-state index contributed by atoms with van der Waals surface area (Å²) in [6, 6.07) is 0. The smallest absolute Gasteiger partial charge is 0.303 e. The molecular weight excluding hydrogens is 220 g/mol. The molecule has 0 bridgehead atoms. The molecule has 0 aromatic heterocycles. The lowest BCUT2D eigenvalue weighted by Crippen LogP contribution is -2.37. The van der Waals surface area contributed by atoms with Gasteiger partial charge in [-0.05, 0) is 31.1 Å². The Hall–Kier alpha value is -0.900. The van der Waals surface area contributed by atoms with Crippen LogP contribution in [0.4, 0.5) is 0 Å². The van der Waals surface area contributed by atoms with Gasteiger partial charge in [0.2, 0.25) is 0 Å². The quantitative estimate of drug-likeness (QED) is 0.776. The molecule has 4 heteroatoms. The highest BCUT2D eigenvalue weighted by atomic mass is 16.5. The summed E-state index contributed by atoms with van der Waals surface area (Å²) in [4.78, 5) is 22.4. The maximum atomic E-state index is 11.8. The normalized spacial score (nSPS) is 25.2. The summed E-state index contributed by atoms with van der Waals surface area (Å²) in [5, 5.41) is 8.69. The standard InChI is InChI=1S/C13H22O4/c1-9(2)8-17-13-10(6-7-12(15)16)4-3-5-11(13)14/h9-10,13H,3-8H2,1-2H3,(H,15,16)/t10-,13-/m1/s1. The topological polar surface area (TPSA) is 63.6 Å². The Bertz CT molecular complexity index is 273. The van der Waals surface area contributed by atoms with E-state index in [9.17, 15) is 9.59 Å². The molecule has 0 unspecified atom stereocenters. The van der Waals surface area contributed by atoms with Crippen LogP contribution in [0.25, 0.3) is 0 Å². The van der Waals surface area contributed by atoms with Crippen molar-refractivity contribution in [3.05, 3.63) is 0 Å². The fourth-order valence-corrected chi connectivity index (χ4v) is 2.22. The molecule has 98 valence electrons. The van der Waals surface area contributed by atoms with Crippen molar-refractivity contribution in [3.63, 3.8) is 0 Å². The van der Waals surface area contributed by atoms with E-state index in [2.05, 4.69) is 0 Å². The first-order valence-electron chi connectivity index (χ1n) is 6.36. The van der Waals surface area contributed by atoms with Gasteiger partial charge in [0, 0.05) is 19.4 Å². The van der Waals surface area contributed by atoms with Gasteiger partial charge in [-0.1, -0.05) is 13.8 Å². The number of hydrogen-bond acceptors (Lipinski definition) is 3. The second kappa shape index (κ2) is 6.74. The van der Waals surface area contributed by atoms with Crippen LogP contribution in [0, 0.1) is 11.8 Å². The highest BCUT2D eigenvalue weighted by molar-refractivity contribution is 5.84. The van der Waals surface area contributed by atoms with E-state index in [1.165, 1.54) is 0 Å². The Balaban J connectivity index is 2.50. The first-order valence-corrected chi connectivity index (χ1v) is 6.36. The van der Waals surface area contributed by atoms with Gasteiger partial charge < -0.3 is 9.84 Å². The first-order chi connectivity index (χ1) is 8.00. The van der Waals surface area contributed by atoms with E-state index in [0.29, 0.717) is 25.4 Å². The average Bonchev–Trinajstić information content (AvgIpc) is 2.24. The Morgan fingerprint density at radius 2 is 2.24 bits per heavy atom. The van der Waals surface area contributed by atoms with Crippen LogP contribution in [0.1, 0.15) is 46.0 Å². The van der Waals surface area contributed by atoms with E-state index < -0.39 is 5.97 Å². The van der Waals surface area contributed by atoms with Gasteiger partial charge in [-0.15, -0.1) is 0 Å². The van der Waals surface area contributed by atoms with Crippen molar-refractivity contribution in [1.29, 1.82) is 0 Å². The molecule has 0 spiro atoms. The molecule has 0 aliphatic heterocycles. The molecule has 1 N–H and O–H groups in total. The number of rotatable bonds is 6. The number of carbonyl (C=O) groups is 2. The van der Waals surface area contributed by atoms with Crippen molar-refractivity contribution in [2.24, 2.45) is 11.8 Å². The number of carboxylic acids is 1. The number of ketones is 1. The SMILES string of the molecule is CC(C)CO[C@H]1C(=O)CCC[C@@H]1CCC(=O)O. The predicted molar refractivity (Wildman–Crippen MR) is 63.8 cm³/mol. The zero-order valence-electron chi connectivity index (χ0n) is 10.6. The van der Waals surface area contributed by atoms with Crippen LogP contribution in [-0.2, 0) is 14.3 Å². The van der Waals surface area contributed by atoms with Crippen LogP contribution in [0.5, 0.6) is 0 Å². The minimum atomic E-state index is -0.800. The molecule has 0 aromatic carbocycles. The van der Waals surface area contributed by atoms with Gasteiger partial charge in [0.05, 0.1) is 0 Å². The average molecular weight is 242 g/mol. The maximum Gasteiger partial charge on any atom is 0.303 e. The molecule has 0 saturated heterocycles. The van der Waals surface area contributed by atoms with Crippen molar-refractivity contribution < 1.29 is 19.4 Å². The van der Waals surface area contributed by atoms with Crippen molar-refractivity contribution in [2.75, 3.05) is 6.61 Å². The summed E-state index contributed by atoms with van der Waals surface area (Å²) in [7, 11) is 0. The van der Waals surface area contributed by atoms with Gasteiger partial charge in [-0.3, -0.25) is 9.59 Å². The van der Waals surface area contributed by atoms with E-state index >= 15 is 0 Å². The fraction of sp³-hybridized carbons (Fsp3) is 0.846. The number of Topliss-reactive ketones (excluding diaryl/α,β-unsaturated/α-hetero) is 1. The van der Waals surface area contributed by atoms with E-state index in [-0.39, 0.29) is 24.2 Å². The maximum absolute atomic E-state index is 11.8. The molecule has 1 saturated carbocycles. The Labute approximate surface area is 102 Å². The number of hydrogen-bond donors (Lipinski definition) is 1. The summed E-state index contributed by atoms with van der Waals surface area (Å²) in [6.07, 6.45) is 2.65. The van der Waals surface area contributed by atoms with Crippen molar-refractivity contribution in [2.45, 2.75) is 52.1 Å². The van der Waals surface area contributed by atoms with Crippen molar-refractivity contribution in [3.8, 4) is 0 Å². The molecule has 1 fully saturated rings. The number of ether oxygens (including phenoxy) is 1. The fourth-order valence-electron chi connectivity index (χ4n) is 2.22. The third kappa shape index (κ3) is 4.86. The van der Waals surface area contributed by atoms with E-state index in [1.54, 1.807) is 0 Å². The first kappa shape index (κ1) is 14.2. The van der Waals surface area contributed by atoms with Gasteiger partial charge in [-0.2, -0.15) is 0 Å². The van der Waals surface area contributed by atoms with Gasteiger partial charge in [0.1, 0.15) is 6.10 Å². The summed E-state index contributed by atoms with van der Waals surface area (Å²) in [6.45, 7) is 4.65. The highest BCUT2D eigenvalue weighted by Gasteiger charge is 2.32. The minimum absolute atomic E-state index is 0.0890. The molecule has 0 aromatic rings. The third-order valence-corrected chi connectivity index (χ3v) is 3.08. The van der Waals surface area contributed by atoms with Crippen LogP contribution in [0.3, 0.4) is 0 Å². The molecule has 1 aliphatic carbocycles. The highest BCUT2D eigenvalue weighted by Crippen LogP contribution is 2.28. The van der Waals surface area contributed by atoms with Gasteiger partial charge >= 0.3 is 5.97 Å². The van der Waals surface area contributed by atoms with Gasteiger partial charge in [0.25, 0.3) is 0 Å². The van der Waals surface area contributed by atoms with Crippen LogP contribution in [-0.4, -0.2) is 29.6 Å². The molecule has 0 radical (unpaired) electrons. The number of aliphatic carboxylic acids is 1. The second-order valence-corrected chi connectivity index (χ2v) is 5.20. The third-order valence-electron chi connectivity index (χ3n) is 3.08. The second-order valence-electron chi connectivity index (χ2n) is 5.20. The molecule has 1 rings (SSSR count). The van der Waals surface area contributed by atoms with Gasteiger partial charge in [0.15, 0.2) is 5.78 Å². The van der Waals surface area contributed by atoms with Crippen LogP contribution >= 0.6 is 0 Å². The van der Waals surface area contributed by atoms with Crippen LogP contribution in [0.2, 0.25) is 0 Å². The van der Waals surface area contributed by atoms with E-state index in [4.69, 9.17) is 9.84 Å². The summed E-state index contributed by atoms with van der Waals surface area (Å²) < 4.78 is 5.66. The Morgan fingerprint density at radius 1 is 1.53 bits per heavy atom. The Morgan fingerprint density at radius 3 is 2.82 bits per heavy atom. The molecule has 2 atom stereocenters. The number of carboxylic acid groups (broad SMARTS) is 1. The molecule has 17 heavy (non-hydrogen) atoms. The number of carbonyl (C=O) groups excluding carboxylic acids is 1. The minimum Gasteiger partial charge on any atom is -0.481 e. The van der Waals surface area contributed by atoms with Crippen LogP contribution < -0.4 is 0 Å².